The van der Waals surface area contributed by atoms with E-state index in [9.17, 15) is 0 Å². The molecular formula is C12H16N4. The van der Waals surface area contributed by atoms with Crippen LogP contribution in [0, 0.1) is 11.3 Å². The van der Waals surface area contributed by atoms with Gasteiger partial charge in [0.05, 0.1) is 5.69 Å². The fourth-order valence-corrected chi connectivity index (χ4v) is 2.28. The Labute approximate surface area is 95.7 Å². The normalized spacial score (nSPS) is 25.2. The lowest BCUT2D eigenvalue weighted by molar-refractivity contribution is 0.429. The molecule has 0 amide bonds. The Morgan fingerprint density at radius 1 is 1.62 bits per heavy atom. The van der Waals surface area contributed by atoms with Crippen molar-refractivity contribution in [2.24, 2.45) is 5.73 Å². The van der Waals surface area contributed by atoms with Crippen molar-refractivity contribution in [3.63, 3.8) is 0 Å². The van der Waals surface area contributed by atoms with E-state index in [0.717, 1.165) is 25.1 Å². The molecule has 1 aromatic rings. The summed E-state index contributed by atoms with van der Waals surface area (Å²) >= 11 is 0. The van der Waals surface area contributed by atoms with Crippen LogP contribution in [0.1, 0.15) is 25.5 Å². The minimum absolute atomic E-state index is 0.286. The molecule has 1 aliphatic rings. The van der Waals surface area contributed by atoms with Gasteiger partial charge in [0.2, 0.25) is 0 Å². The second-order valence-electron chi connectivity index (χ2n) is 4.31. The van der Waals surface area contributed by atoms with Gasteiger partial charge in [-0.15, -0.1) is 0 Å². The first kappa shape index (κ1) is 10.9. The molecule has 1 aromatic heterocycles. The van der Waals surface area contributed by atoms with Crippen molar-refractivity contribution >= 4 is 5.69 Å². The summed E-state index contributed by atoms with van der Waals surface area (Å²) in [6.07, 6.45) is 3.60. The molecule has 16 heavy (non-hydrogen) atoms. The second kappa shape index (κ2) is 4.50. The molecule has 1 saturated heterocycles. The van der Waals surface area contributed by atoms with Crippen molar-refractivity contribution in [1.29, 1.82) is 5.26 Å². The highest BCUT2D eigenvalue weighted by molar-refractivity contribution is 5.56. The van der Waals surface area contributed by atoms with Gasteiger partial charge in [-0.25, -0.2) is 4.98 Å². The van der Waals surface area contributed by atoms with Crippen LogP contribution in [0.4, 0.5) is 5.69 Å². The van der Waals surface area contributed by atoms with Crippen LogP contribution in [0.5, 0.6) is 0 Å². The van der Waals surface area contributed by atoms with Gasteiger partial charge in [-0.05, 0) is 31.9 Å². The number of pyridine rings is 1. The predicted molar refractivity (Wildman–Crippen MR) is 63.0 cm³/mol. The highest BCUT2D eigenvalue weighted by atomic mass is 15.2. The Morgan fingerprint density at radius 3 is 3.12 bits per heavy atom. The highest BCUT2D eigenvalue weighted by Crippen LogP contribution is 2.25. The van der Waals surface area contributed by atoms with E-state index in [0.29, 0.717) is 11.7 Å². The van der Waals surface area contributed by atoms with Gasteiger partial charge >= 0.3 is 0 Å². The molecule has 0 bridgehead atoms. The van der Waals surface area contributed by atoms with E-state index in [2.05, 4.69) is 22.9 Å². The van der Waals surface area contributed by atoms with Crippen LogP contribution in [0.3, 0.4) is 0 Å². The number of hydrogen-bond donors (Lipinski definition) is 1. The second-order valence-corrected chi connectivity index (χ2v) is 4.31. The van der Waals surface area contributed by atoms with Crippen molar-refractivity contribution in [2.75, 3.05) is 11.4 Å². The molecular weight excluding hydrogens is 200 g/mol. The van der Waals surface area contributed by atoms with Crippen molar-refractivity contribution in [3.05, 3.63) is 24.0 Å². The number of rotatable bonds is 1. The molecule has 0 aliphatic carbocycles. The van der Waals surface area contributed by atoms with Crippen molar-refractivity contribution in [3.8, 4) is 6.07 Å². The van der Waals surface area contributed by atoms with Crippen molar-refractivity contribution in [2.45, 2.75) is 31.8 Å². The fraction of sp³-hybridized carbons (Fsp3) is 0.500. The summed E-state index contributed by atoms with van der Waals surface area (Å²) in [5.41, 5.74) is 7.37. The summed E-state index contributed by atoms with van der Waals surface area (Å²) in [5, 5.41) is 9.02. The Morgan fingerprint density at radius 2 is 2.44 bits per heavy atom. The molecule has 0 spiro atoms. The maximum atomic E-state index is 9.02. The summed E-state index contributed by atoms with van der Waals surface area (Å²) < 4.78 is 0. The molecule has 0 radical (unpaired) electrons. The van der Waals surface area contributed by atoms with Crippen LogP contribution in [-0.4, -0.2) is 23.6 Å². The standard InChI is InChI=1S/C12H16N4/c1-9-7-10(14)4-6-16(9)12-3-2-5-15-11(12)8-13/h2-3,5,9-10H,4,6-7,14H2,1H3. The third-order valence-corrected chi connectivity index (χ3v) is 3.12. The zero-order chi connectivity index (χ0) is 11.5. The highest BCUT2D eigenvalue weighted by Gasteiger charge is 2.25. The topological polar surface area (TPSA) is 65.9 Å². The summed E-state index contributed by atoms with van der Waals surface area (Å²) in [6, 6.07) is 6.63. The average molecular weight is 216 g/mol. The molecule has 0 saturated carbocycles. The number of aromatic nitrogens is 1. The summed E-state index contributed by atoms with van der Waals surface area (Å²) in [5.74, 6) is 0. The lowest BCUT2D eigenvalue weighted by Gasteiger charge is -2.38. The van der Waals surface area contributed by atoms with E-state index < -0.39 is 0 Å². The lowest BCUT2D eigenvalue weighted by Crippen LogP contribution is -2.46. The van der Waals surface area contributed by atoms with Crippen LogP contribution < -0.4 is 10.6 Å². The predicted octanol–water partition coefficient (Wildman–Crippen LogP) is 1.27. The van der Waals surface area contributed by atoms with Crippen LogP contribution in [0.2, 0.25) is 0 Å². The zero-order valence-electron chi connectivity index (χ0n) is 9.43. The SMILES string of the molecule is CC1CC(N)CCN1c1cccnc1C#N. The molecule has 1 fully saturated rings. The molecule has 2 atom stereocenters. The molecule has 2 unspecified atom stereocenters. The molecule has 4 heteroatoms. The lowest BCUT2D eigenvalue weighted by atomic mass is 9.98. The number of nitrogens with two attached hydrogens (primary N) is 1. The largest absolute Gasteiger partial charge is 0.366 e. The third-order valence-electron chi connectivity index (χ3n) is 3.12. The molecule has 84 valence electrons. The number of piperidine rings is 1. The Bertz CT molecular complexity index is 410. The van der Waals surface area contributed by atoms with E-state index in [4.69, 9.17) is 11.0 Å². The molecule has 2 rings (SSSR count). The third kappa shape index (κ3) is 2.00. The summed E-state index contributed by atoms with van der Waals surface area (Å²) in [4.78, 5) is 6.32. The van der Waals surface area contributed by atoms with Gasteiger partial charge in [0.25, 0.3) is 0 Å². The van der Waals surface area contributed by atoms with Gasteiger partial charge in [-0.3, -0.25) is 0 Å². The number of nitrogens with zero attached hydrogens (tertiary/aromatic N) is 3. The average Bonchev–Trinajstić information content (AvgIpc) is 2.29. The maximum absolute atomic E-state index is 9.02. The summed E-state index contributed by atoms with van der Waals surface area (Å²) in [7, 11) is 0. The Kier molecular flexibility index (Phi) is 3.07. The molecule has 4 nitrogen and oxygen atoms in total. The molecule has 2 heterocycles. The molecule has 2 N–H and O–H groups in total. The van der Waals surface area contributed by atoms with Gasteiger partial charge in [0, 0.05) is 24.8 Å². The van der Waals surface area contributed by atoms with E-state index in [1.165, 1.54) is 0 Å². The van der Waals surface area contributed by atoms with Gasteiger partial charge in [-0.2, -0.15) is 5.26 Å². The Hall–Kier alpha value is -1.60. The van der Waals surface area contributed by atoms with Gasteiger partial charge in [-0.1, -0.05) is 0 Å². The maximum Gasteiger partial charge on any atom is 0.163 e. The fourth-order valence-electron chi connectivity index (χ4n) is 2.28. The van der Waals surface area contributed by atoms with Crippen molar-refractivity contribution < 1.29 is 0 Å². The number of hydrogen-bond acceptors (Lipinski definition) is 4. The quantitative estimate of drug-likeness (QED) is 0.767. The smallest absolute Gasteiger partial charge is 0.163 e. The van der Waals surface area contributed by atoms with Gasteiger partial charge < -0.3 is 10.6 Å². The number of anilines is 1. The van der Waals surface area contributed by atoms with E-state index in [-0.39, 0.29) is 6.04 Å². The van der Waals surface area contributed by atoms with E-state index in [1.807, 2.05) is 12.1 Å². The van der Waals surface area contributed by atoms with Gasteiger partial charge in [0.1, 0.15) is 6.07 Å². The first-order valence-corrected chi connectivity index (χ1v) is 5.59. The zero-order valence-corrected chi connectivity index (χ0v) is 9.43. The van der Waals surface area contributed by atoms with Crippen LogP contribution >= 0.6 is 0 Å². The first-order valence-electron chi connectivity index (χ1n) is 5.59. The van der Waals surface area contributed by atoms with E-state index in [1.54, 1.807) is 6.20 Å². The van der Waals surface area contributed by atoms with E-state index >= 15 is 0 Å². The van der Waals surface area contributed by atoms with Crippen molar-refractivity contribution in [1.82, 2.24) is 4.98 Å². The van der Waals surface area contributed by atoms with Crippen LogP contribution in [0.25, 0.3) is 0 Å². The van der Waals surface area contributed by atoms with Gasteiger partial charge in [0.15, 0.2) is 5.69 Å². The monoisotopic (exact) mass is 216 g/mol. The summed E-state index contributed by atoms with van der Waals surface area (Å²) in [6.45, 7) is 3.05. The first-order chi connectivity index (χ1) is 7.72. The minimum atomic E-state index is 0.286. The van der Waals surface area contributed by atoms with Crippen LogP contribution in [-0.2, 0) is 0 Å². The molecule has 0 aromatic carbocycles. The number of nitriles is 1. The molecule has 1 aliphatic heterocycles. The Balaban J connectivity index is 2.27. The van der Waals surface area contributed by atoms with Crippen LogP contribution in [0.15, 0.2) is 18.3 Å². The minimum Gasteiger partial charge on any atom is -0.366 e.